The van der Waals surface area contributed by atoms with E-state index in [1.807, 2.05) is 0 Å². The fourth-order valence-corrected chi connectivity index (χ4v) is 2.26. The van der Waals surface area contributed by atoms with E-state index in [9.17, 15) is 9.18 Å². The van der Waals surface area contributed by atoms with Crippen LogP contribution in [0.15, 0.2) is 22.7 Å². The van der Waals surface area contributed by atoms with Crippen molar-refractivity contribution < 1.29 is 9.18 Å². The molecule has 1 atom stereocenters. The SMILES string of the molecule is CN1CCC(Nc2cc(F)cc(Br)c2)C1=O. The van der Waals surface area contributed by atoms with Crippen LogP contribution in [0.4, 0.5) is 10.1 Å². The first kappa shape index (κ1) is 11.4. The van der Waals surface area contributed by atoms with Crippen molar-refractivity contribution in [2.24, 2.45) is 0 Å². The van der Waals surface area contributed by atoms with E-state index in [0.717, 1.165) is 13.0 Å². The Morgan fingerprint density at radius 1 is 1.50 bits per heavy atom. The number of hydrogen-bond donors (Lipinski definition) is 1. The second-order valence-electron chi connectivity index (χ2n) is 3.90. The highest BCUT2D eigenvalue weighted by Crippen LogP contribution is 2.21. The van der Waals surface area contributed by atoms with Gasteiger partial charge in [0.2, 0.25) is 5.91 Å². The van der Waals surface area contributed by atoms with Gasteiger partial charge in [0.1, 0.15) is 11.9 Å². The zero-order chi connectivity index (χ0) is 11.7. The molecule has 0 spiro atoms. The van der Waals surface area contributed by atoms with E-state index in [-0.39, 0.29) is 17.8 Å². The number of likely N-dealkylation sites (N-methyl/N-ethyl adjacent to an activating group) is 1. The summed E-state index contributed by atoms with van der Waals surface area (Å²) in [5.74, 6) is -0.268. The van der Waals surface area contributed by atoms with Gasteiger partial charge in [-0.1, -0.05) is 15.9 Å². The van der Waals surface area contributed by atoms with E-state index in [0.29, 0.717) is 10.2 Å². The summed E-state index contributed by atoms with van der Waals surface area (Å²) in [6.45, 7) is 0.743. The van der Waals surface area contributed by atoms with Gasteiger partial charge in [-0.05, 0) is 24.6 Å². The van der Waals surface area contributed by atoms with Crippen LogP contribution in [-0.2, 0) is 4.79 Å². The number of hydrogen-bond acceptors (Lipinski definition) is 2. The fourth-order valence-electron chi connectivity index (χ4n) is 1.79. The molecule has 86 valence electrons. The van der Waals surface area contributed by atoms with Gasteiger partial charge in [-0.2, -0.15) is 0 Å². The summed E-state index contributed by atoms with van der Waals surface area (Å²) in [6, 6.07) is 4.29. The molecule has 3 nitrogen and oxygen atoms in total. The lowest BCUT2D eigenvalue weighted by atomic mass is 10.2. The number of carbonyl (C=O) groups excluding carboxylic acids is 1. The standard InChI is InChI=1S/C11H12BrFN2O/c1-15-3-2-10(11(15)16)14-9-5-7(12)4-8(13)6-9/h4-6,10,14H,2-3H2,1H3. The molecule has 1 heterocycles. The molecule has 16 heavy (non-hydrogen) atoms. The Morgan fingerprint density at radius 2 is 2.25 bits per heavy atom. The Bertz CT molecular complexity index is 404. The van der Waals surface area contributed by atoms with Crippen LogP contribution in [0.2, 0.25) is 0 Å². The predicted molar refractivity (Wildman–Crippen MR) is 63.8 cm³/mol. The van der Waals surface area contributed by atoms with Crippen molar-refractivity contribution in [1.82, 2.24) is 4.90 Å². The van der Waals surface area contributed by atoms with Gasteiger partial charge in [-0.15, -0.1) is 0 Å². The molecule has 1 N–H and O–H groups in total. The Hall–Kier alpha value is -1.10. The molecular weight excluding hydrogens is 275 g/mol. The first-order valence-electron chi connectivity index (χ1n) is 5.04. The molecule has 0 radical (unpaired) electrons. The van der Waals surface area contributed by atoms with Crippen LogP contribution in [0.25, 0.3) is 0 Å². The monoisotopic (exact) mass is 286 g/mol. The molecule has 1 aliphatic heterocycles. The minimum atomic E-state index is -0.323. The van der Waals surface area contributed by atoms with Gasteiger partial charge in [-0.3, -0.25) is 4.79 Å². The first-order chi connectivity index (χ1) is 7.56. The van der Waals surface area contributed by atoms with Crippen molar-refractivity contribution in [2.75, 3.05) is 18.9 Å². The zero-order valence-electron chi connectivity index (χ0n) is 8.84. The van der Waals surface area contributed by atoms with Crippen LogP contribution < -0.4 is 5.32 Å². The minimum absolute atomic E-state index is 0.0559. The number of rotatable bonds is 2. The summed E-state index contributed by atoms with van der Waals surface area (Å²) in [5, 5.41) is 3.04. The molecule has 0 saturated carbocycles. The number of likely N-dealkylation sites (tertiary alicyclic amines) is 1. The second-order valence-corrected chi connectivity index (χ2v) is 4.82. The van der Waals surface area contributed by atoms with Crippen molar-refractivity contribution in [3.63, 3.8) is 0 Å². The third kappa shape index (κ3) is 2.35. The van der Waals surface area contributed by atoms with Crippen LogP contribution in [0.1, 0.15) is 6.42 Å². The van der Waals surface area contributed by atoms with E-state index >= 15 is 0 Å². The number of benzene rings is 1. The molecule has 0 aliphatic carbocycles. The molecule has 2 rings (SSSR count). The number of amides is 1. The summed E-state index contributed by atoms with van der Waals surface area (Å²) in [4.78, 5) is 13.3. The maximum atomic E-state index is 13.1. The summed E-state index contributed by atoms with van der Waals surface area (Å²) in [7, 11) is 1.77. The van der Waals surface area contributed by atoms with Crippen LogP contribution in [0, 0.1) is 5.82 Å². The Morgan fingerprint density at radius 3 is 2.81 bits per heavy atom. The van der Waals surface area contributed by atoms with Crippen molar-refractivity contribution >= 4 is 27.5 Å². The molecule has 0 aromatic heterocycles. The van der Waals surface area contributed by atoms with Gasteiger partial charge in [0.25, 0.3) is 0 Å². The molecule has 1 aromatic rings. The van der Waals surface area contributed by atoms with Crippen molar-refractivity contribution in [1.29, 1.82) is 0 Å². The molecule has 0 bridgehead atoms. The van der Waals surface area contributed by atoms with E-state index < -0.39 is 0 Å². The zero-order valence-corrected chi connectivity index (χ0v) is 10.4. The molecule has 1 aromatic carbocycles. The smallest absolute Gasteiger partial charge is 0.244 e. The van der Waals surface area contributed by atoms with Crippen molar-refractivity contribution in [3.05, 3.63) is 28.5 Å². The summed E-state index contributed by atoms with van der Waals surface area (Å²) in [5.41, 5.74) is 0.625. The van der Waals surface area contributed by atoms with Gasteiger partial charge in [0.15, 0.2) is 0 Å². The quantitative estimate of drug-likeness (QED) is 0.904. The van der Waals surface area contributed by atoms with Gasteiger partial charge in [0, 0.05) is 23.8 Å². The summed E-state index contributed by atoms with van der Waals surface area (Å²) < 4.78 is 13.8. The number of halogens is 2. The van der Waals surface area contributed by atoms with Crippen LogP contribution in [0.3, 0.4) is 0 Å². The maximum Gasteiger partial charge on any atom is 0.244 e. The highest BCUT2D eigenvalue weighted by molar-refractivity contribution is 9.10. The van der Waals surface area contributed by atoms with Crippen molar-refractivity contribution in [3.8, 4) is 0 Å². The minimum Gasteiger partial charge on any atom is -0.374 e. The normalized spacial score (nSPS) is 20.3. The van der Waals surface area contributed by atoms with E-state index in [1.165, 1.54) is 12.1 Å². The Labute approximate surface area is 102 Å². The lowest BCUT2D eigenvalue weighted by Gasteiger charge is -2.13. The number of nitrogens with one attached hydrogen (secondary N) is 1. The molecule has 1 saturated heterocycles. The number of carbonyl (C=O) groups is 1. The third-order valence-corrected chi connectivity index (χ3v) is 3.09. The number of nitrogens with zero attached hydrogens (tertiary/aromatic N) is 1. The highest BCUT2D eigenvalue weighted by Gasteiger charge is 2.28. The molecular formula is C11H12BrFN2O. The first-order valence-corrected chi connectivity index (χ1v) is 5.83. The Kier molecular flexibility index (Phi) is 3.14. The summed E-state index contributed by atoms with van der Waals surface area (Å²) >= 11 is 3.21. The lowest BCUT2D eigenvalue weighted by molar-refractivity contribution is -0.127. The van der Waals surface area contributed by atoms with Crippen molar-refractivity contribution in [2.45, 2.75) is 12.5 Å². The van der Waals surface area contributed by atoms with Crippen LogP contribution >= 0.6 is 15.9 Å². The third-order valence-electron chi connectivity index (χ3n) is 2.63. The predicted octanol–water partition coefficient (Wildman–Crippen LogP) is 2.23. The largest absolute Gasteiger partial charge is 0.374 e. The average molecular weight is 287 g/mol. The van der Waals surface area contributed by atoms with E-state index in [4.69, 9.17) is 0 Å². The second kappa shape index (κ2) is 4.41. The average Bonchev–Trinajstić information content (AvgIpc) is 2.48. The van der Waals surface area contributed by atoms with Gasteiger partial charge >= 0.3 is 0 Å². The summed E-state index contributed by atoms with van der Waals surface area (Å²) in [6.07, 6.45) is 0.753. The maximum absolute atomic E-state index is 13.1. The topological polar surface area (TPSA) is 32.3 Å². The molecule has 1 fully saturated rings. The molecule has 5 heteroatoms. The van der Waals surface area contributed by atoms with Crippen LogP contribution in [-0.4, -0.2) is 30.4 Å². The van der Waals surface area contributed by atoms with E-state index in [1.54, 1.807) is 18.0 Å². The lowest BCUT2D eigenvalue weighted by Crippen LogP contribution is -2.30. The van der Waals surface area contributed by atoms with Gasteiger partial charge in [-0.25, -0.2) is 4.39 Å². The molecule has 1 unspecified atom stereocenters. The fraction of sp³-hybridized carbons (Fsp3) is 0.364. The van der Waals surface area contributed by atoms with E-state index in [2.05, 4.69) is 21.2 Å². The highest BCUT2D eigenvalue weighted by atomic mass is 79.9. The van der Waals surface area contributed by atoms with Crippen LogP contribution in [0.5, 0.6) is 0 Å². The van der Waals surface area contributed by atoms with Gasteiger partial charge in [0.05, 0.1) is 0 Å². The Balaban J connectivity index is 2.12. The number of anilines is 1. The van der Waals surface area contributed by atoms with Gasteiger partial charge < -0.3 is 10.2 Å². The molecule has 1 amide bonds. The molecule has 1 aliphatic rings.